The molecule has 2 unspecified atom stereocenters. The first-order valence-corrected chi connectivity index (χ1v) is 9.20. The van der Waals surface area contributed by atoms with Gasteiger partial charge in [0, 0.05) is 30.5 Å². The number of H-pyrrole nitrogens is 1. The van der Waals surface area contributed by atoms with E-state index in [9.17, 15) is 4.79 Å². The Kier molecular flexibility index (Phi) is 3.98. The van der Waals surface area contributed by atoms with Gasteiger partial charge in [0.2, 0.25) is 5.91 Å². The molecule has 2 aliphatic rings. The summed E-state index contributed by atoms with van der Waals surface area (Å²) in [5.74, 6) is 2.48. The van der Waals surface area contributed by atoms with Crippen molar-refractivity contribution >= 4 is 38.3 Å². The highest BCUT2D eigenvalue weighted by Gasteiger charge is 2.37. The van der Waals surface area contributed by atoms with E-state index < -0.39 is 0 Å². The van der Waals surface area contributed by atoms with Crippen LogP contribution in [0.4, 0.5) is 0 Å². The molecule has 4 rings (SSSR count). The molecule has 1 aromatic carbocycles. The van der Waals surface area contributed by atoms with E-state index in [4.69, 9.17) is 6.42 Å². The number of benzene rings is 1. The van der Waals surface area contributed by atoms with Gasteiger partial charge in [-0.25, -0.2) is 0 Å². The maximum Gasteiger partial charge on any atom is 0.231 e. The Bertz CT molecular complexity index is 936. The van der Waals surface area contributed by atoms with E-state index >= 15 is 0 Å². The molecule has 2 aromatic rings. The lowest BCUT2D eigenvalue weighted by atomic mass is 9.79. The smallest absolute Gasteiger partial charge is 0.231 e. The van der Waals surface area contributed by atoms with Crippen molar-refractivity contribution in [2.45, 2.75) is 12.5 Å². The van der Waals surface area contributed by atoms with E-state index in [-0.39, 0.29) is 11.8 Å². The number of fused-ring (bicyclic) bond motifs is 2. The summed E-state index contributed by atoms with van der Waals surface area (Å²) in [5, 5.41) is 1.27. The Balaban J connectivity index is 1.82. The number of nitrogens with one attached hydrogen (secondary N) is 1. The van der Waals surface area contributed by atoms with Gasteiger partial charge in [0.05, 0.1) is 17.1 Å². The minimum Gasteiger partial charge on any atom is -0.349 e. The minimum atomic E-state index is -0.159. The van der Waals surface area contributed by atoms with Crippen LogP contribution < -0.4 is 0 Å². The zero-order valence-electron chi connectivity index (χ0n) is 14.3. The average Bonchev–Trinajstić information content (AvgIpc) is 2.92. The zero-order chi connectivity index (χ0) is 17.7. The summed E-state index contributed by atoms with van der Waals surface area (Å²) in [6.07, 6.45) is 8.47. The molecule has 128 valence electrons. The molecule has 0 saturated carbocycles. The topological polar surface area (TPSA) is 39.3 Å². The second-order valence-corrected chi connectivity index (χ2v) is 7.73. The van der Waals surface area contributed by atoms with Gasteiger partial charge >= 0.3 is 0 Å². The number of hydrogen-bond donors (Lipinski definition) is 1. The minimum absolute atomic E-state index is 0.0870. The molecular weight excluding hydrogens is 378 g/mol. The van der Waals surface area contributed by atoms with Crippen LogP contribution in [0.2, 0.25) is 0 Å². The van der Waals surface area contributed by atoms with E-state index in [1.165, 1.54) is 22.1 Å². The number of carbonyl (C=O) groups is 1. The second-order valence-electron chi connectivity index (χ2n) is 6.93. The molecule has 1 aliphatic carbocycles. The number of amides is 1. The van der Waals surface area contributed by atoms with Crippen LogP contribution in [0.15, 0.2) is 28.9 Å². The average molecular weight is 398 g/mol. The SMILES string of the molecule is C#CCN(C)C(=O)C1C=C2c3cccc4[nH]c(Br)c(c34)CC2N(C)C1. The van der Waals surface area contributed by atoms with E-state index in [1.54, 1.807) is 11.9 Å². The van der Waals surface area contributed by atoms with Crippen LogP contribution in [0.5, 0.6) is 0 Å². The van der Waals surface area contributed by atoms with E-state index in [2.05, 4.69) is 63.1 Å². The monoisotopic (exact) mass is 397 g/mol. The quantitative estimate of drug-likeness (QED) is 0.791. The van der Waals surface area contributed by atoms with Crippen LogP contribution in [-0.2, 0) is 11.2 Å². The van der Waals surface area contributed by atoms with Gasteiger partial charge in [-0.1, -0.05) is 24.1 Å². The highest BCUT2D eigenvalue weighted by molar-refractivity contribution is 9.10. The van der Waals surface area contributed by atoms with Gasteiger partial charge in [-0.05, 0) is 52.2 Å². The van der Waals surface area contributed by atoms with Gasteiger partial charge in [0.25, 0.3) is 0 Å². The summed E-state index contributed by atoms with van der Waals surface area (Å²) < 4.78 is 1.06. The normalized spacial score (nSPS) is 22.2. The Labute approximate surface area is 156 Å². The highest BCUT2D eigenvalue weighted by atomic mass is 79.9. The van der Waals surface area contributed by atoms with Crippen LogP contribution in [0.3, 0.4) is 0 Å². The summed E-state index contributed by atoms with van der Waals surface area (Å²) in [6.45, 7) is 1.06. The van der Waals surface area contributed by atoms with Crippen LogP contribution >= 0.6 is 15.9 Å². The fourth-order valence-corrected chi connectivity index (χ4v) is 4.72. The van der Waals surface area contributed by atoms with Gasteiger partial charge in [-0.3, -0.25) is 9.69 Å². The largest absolute Gasteiger partial charge is 0.349 e. The Morgan fingerprint density at radius 2 is 2.32 bits per heavy atom. The maximum atomic E-state index is 12.7. The molecule has 4 nitrogen and oxygen atoms in total. The molecule has 0 radical (unpaired) electrons. The van der Waals surface area contributed by atoms with Crippen molar-refractivity contribution < 1.29 is 4.79 Å². The third kappa shape index (κ3) is 2.52. The number of hydrogen-bond acceptors (Lipinski definition) is 2. The summed E-state index contributed by atoms with van der Waals surface area (Å²) in [6, 6.07) is 6.63. The third-order valence-electron chi connectivity index (χ3n) is 5.36. The lowest BCUT2D eigenvalue weighted by Gasteiger charge is -2.40. The van der Waals surface area contributed by atoms with E-state index in [0.29, 0.717) is 12.6 Å². The van der Waals surface area contributed by atoms with Crippen molar-refractivity contribution in [2.24, 2.45) is 5.92 Å². The van der Waals surface area contributed by atoms with Crippen LogP contribution in [-0.4, -0.2) is 53.9 Å². The number of aromatic nitrogens is 1. The number of terminal acetylenes is 1. The molecule has 25 heavy (non-hydrogen) atoms. The predicted molar refractivity (Wildman–Crippen MR) is 104 cm³/mol. The summed E-state index contributed by atoms with van der Waals surface area (Å²) in [5.41, 5.74) is 4.95. The lowest BCUT2D eigenvalue weighted by molar-refractivity contribution is -0.132. The molecule has 0 spiro atoms. The second kappa shape index (κ2) is 6.05. The van der Waals surface area contributed by atoms with E-state index in [1.807, 2.05) is 0 Å². The van der Waals surface area contributed by atoms with Crippen molar-refractivity contribution in [3.05, 3.63) is 40.0 Å². The van der Waals surface area contributed by atoms with E-state index in [0.717, 1.165) is 23.1 Å². The fourth-order valence-electron chi connectivity index (χ4n) is 4.15. The number of carbonyl (C=O) groups excluding carboxylic acids is 1. The molecule has 5 heteroatoms. The van der Waals surface area contributed by atoms with Crippen molar-refractivity contribution in [1.82, 2.24) is 14.8 Å². The standard InChI is InChI=1S/C20H20BrN3O/c1-4-8-23(2)20(25)12-9-14-13-6-5-7-16-18(13)15(19(21)22-16)10-17(14)24(3)11-12/h1,5-7,9,12,17,22H,8,10-11H2,2-3H3. The van der Waals surface area contributed by atoms with Crippen molar-refractivity contribution in [3.8, 4) is 12.3 Å². The molecule has 0 bridgehead atoms. The van der Waals surface area contributed by atoms with Crippen LogP contribution in [0.1, 0.15) is 11.1 Å². The molecular formula is C20H20BrN3O. The highest BCUT2D eigenvalue weighted by Crippen LogP contribution is 2.43. The van der Waals surface area contributed by atoms with Crippen molar-refractivity contribution in [2.75, 3.05) is 27.2 Å². The molecule has 1 aromatic heterocycles. The Hall–Kier alpha value is -2.03. The van der Waals surface area contributed by atoms with Crippen molar-refractivity contribution in [1.29, 1.82) is 0 Å². The number of aromatic amines is 1. The van der Waals surface area contributed by atoms with Gasteiger partial charge in [-0.2, -0.15) is 0 Å². The first-order chi connectivity index (χ1) is 12.0. The zero-order valence-corrected chi connectivity index (χ0v) is 15.9. The number of nitrogens with zero attached hydrogens (tertiary/aromatic N) is 2. The van der Waals surface area contributed by atoms with Crippen LogP contribution in [0.25, 0.3) is 16.5 Å². The molecule has 1 aliphatic heterocycles. The predicted octanol–water partition coefficient (Wildman–Crippen LogP) is 2.89. The lowest BCUT2D eigenvalue weighted by Crippen LogP contribution is -2.47. The number of likely N-dealkylation sites (N-methyl/N-ethyl adjacent to an activating group) is 1. The Morgan fingerprint density at radius 1 is 1.52 bits per heavy atom. The summed E-state index contributed by atoms with van der Waals surface area (Å²) in [7, 11) is 3.88. The fraction of sp³-hybridized carbons (Fsp3) is 0.350. The maximum absolute atomic E-state index is 12.7. The number of halogens is 1. The first kappa shape index (κ1) is 16.4. The number of rotatable bonds is 2. The first-order valence-electron chi connectivity index (χ1n) is 8.41. The van der Waals surface area contributed by atoms with Crippen molar-refractivity contribution in [3.63, 3.8) is 0 Å². The summed E-state index contributed by atoms with van der Waals surface area (Å²) in [4.78, 5) is 20.1. The Morgan fingerprint density at radius 3 is 3.08 bits per heavy atom. The van der Waals surface area contributed by atoms with Gasteiger partial charge in [0.1, 0.15) is 0 Å². The summed E-state index contributed by atoms with van der Waals surface area (Å²) >= 11 is 3.67. The molecule has 2 atom stereocenters. The molecule has 1 amide bonds. The molecule has 1 N–H and O–H groups in total. The molecule has 0 saturated heterocycles. The molecule has 0 fully saturated rings. The molecule has 2 heterocycles. The third-order valence-corrected chi connectivity index (χ3v) is 6.04. The van der Waals surface area contributed by atoms with Crippen LogP contribution in [0, 0.1) is 18.3 Å². The van der Waals surface area contributed by atoms with Gasteiger partial charge in [-0.15, -0.1) is 6.42 Å². The van der Waals surface area contributed by atoms with Gasteiger partial charge in [0.15, 0.2) is 0 Å². The van der Waals surface area contributed by atoms with Gasteiger partial charge < -0.3 is 9.88 Å².